The molecule has 0 spiro atoms. The molecule has 4 aromatic heterocycles. The van der Waals surface area contributed by atoms with Crippen molar-refractivity contribution in [3.05, 3.63) is 194 Å². The third-order valence-corrected chi connectivity index (χ3v) is 12.1. The van der Waals surface area contributed by atoms with Crippen molar-refractivity contribution >= 4 is 87.5 Å². The van der Waals surface area contributed by atoms with Gasteiger partial charge in [0.2, 0.25) is 0 Å². The molecule has 270 valence electrons. The minimum atomic E-state index is 0.889. The molecule has 0 radical (unpaired) electrons. The lowest BCUT2D eigenvalue weighted by atomic mass is 9.88. The van der Waals surface area contributed by atoms with Gasteiger partial charge in [0.1, 0.15) is 22.3 Å². The zero-order chi connectivity index (χ0) is 37.9. The van der Waals surface area contributed by atoms with E-state index in [-0.39, 0.29) is 0 Å². The van der Waals surface area contributed by atoms with E-state index in [0.29, 0.717) is 0 Å². The van der Waals surface area contributed by atoms with Gasteiger partial charge in [-0.2, -0.15) is 0 Å². The lowest BCUT2D eigenvalue weighted by molar-refractivity contribution is 0.668. The fourth-order valence-corrected chi connectivity index (χ4v) is 9.69. The van der Waals surface area contributed by atoms with E-state index < -0.39 is 0 Å². The predicted molar refractivity (Wildman–Crippen MR) is 241 cm³/mol. The number of aromatic nitrogens is 2. The molecule has 0 unspecified atom stereocenters. The molecule has 13 rings (SSSR count). The van der Waals surface area contributed by atoms with Gasteiger partial charge < -0.3 is 18.0 Å². The van der Waals surface area contributed by atoms with Gasteiger partial charge >= 0.3 is 0 Å². The Bertz CT molecular complexity index is 3800. The topological polar surface area (TPSA) is 36.1 Å². The van der Waals surface area contributed by atoms with Crippen molar-refractivity contribution in [3.63, 3.8) is 0 Å². The molecule has 0 aliphatic heterocycles. The molecule has 0 saturated carbocycles. The number of rotatable bonds is 4. The van der Waals surface area contributed by atoms with Crippen LogP contribution in [0.4, 0.5) is 0 Å². The Balaban J connectivity index is 1.17. The van der Waals surface area contributed by atoms with Crippen LogP contribution < -0.4 is 0 Å². The Hall–Kier alpha value is -7.82. The molecule has 0 aliphatic carbocycles. The number of fused-ring (bicyclic) bond motifs is 12. The van der Waals surface area contributed by atoms with Crippen LogP contribution in [0.1, 0.15) is 0 Å². The minimum absolute atomic E-state index is 0.889. The van der Waals surface area contributed by atoms with E-state index in [1.54, 1.807) is 0 Å². The van der Waals surface area contributed by atoms with E-state index in [2.05, 4.69) is 179 Å². The van der Waals surface area contributed by atoms with Gasteiger partial charge in [-0.1, -0.05) is 115 Å². The molecule has 9 aromatic carbocycles. The molecule has 58 heavy (non-hydrogen) atoms. The molecule has 13 aromatic rings. The normalized spacial score (nSPS) is 12.1. The lowest BCUT2D eigenvalue weighted by Crippen LogP contribution is -1.95. The number of nitrogens with zero attached hydrogens (tertiary/aromatic N) is 2. The summed E-state index contributed by atoms with van der Waals surface area (Å²) in [6, 6.07) is 69.7. The highest BCUT2D eigenvalue weighted by Gasteiger charge is 2.24. The van der Waals surface area contributed by atoms with Crippen molar-refractivity contribution in [3.8, 4) is 33.6 Å². The van der Waals surface area contributed by atoms with Gasteiger partial charge in [-0.05, 0) is 95.6 Å². The van der Waals surface area contributed by atoms with E-state index >= 15 is 0 Å². The summed E-state index contributed by atoms with van der Waals surface area (Å²) < 4.78 is 17.4. The highest BCUT2D eigenvalue weighted by atomic mass is 16.3. The van der Waals surface area contributed by atoms with Crippen LogP contribution >= 0.6 is 0 Å². The maximum absolute atomic E-state index is 6.32. The second-order valence-corrected chi connectivity index (χ2v) is 15.2. The van der Waals surface area contributed by atoms with Crippen molar-refractivity contribution < 1.29 is 8.83 Å². The molecule has 0 bridgehead atoms. The van der Waals surface area contributed by atoms with Crippen LogP contribution in [0.15, 0.2) is 203 Å². The van der Waals surface area contributed by atoms with Crippen molar-refractivity contribution in [1.29, 1.82) is 0 Å². The maximum Gasteiger partial charge on any atom is 0.135 e. The number of benzene rings is 9. The summed E-state index contributed by atoms with van der Waals surface area (Å²) in [6.07, 6.45) is 0. The van der Waals surface area contributed by atoms with Crippen LogP contribution in [0.25, 0.3) is 121 Å². The predicted octanol–water partition coefficient (Wildman–Crippen LogP) is 15.0. The summed E-state index contributed by atoms with van der Waals surface area (Å²) in [5.41, 5.74) is 15.2. The number of furan rings is 2. The molecule has 0 saturated heterocycles. The number of para-hydroxylation sites is 5. The van der Waals surface area contributed by atoms with Crippen LogP contribution in [0.2, 0.25) is 0 Å². The van der Waals surface area contributed by atoms with Crippen molar-refractivity contribution in [1.82, 2.24) is 9.13 Å². The van der Waals surface area contributed by atoms with Crippen molar-refractivity contribution in [2.45, 2.75) is 0 Å². The Morgan fingerprint density at radius 2 is 0.828 bits per heavy atom. The maximum atomic E-state index is 6.32. The number of hydrogen-bond donors (Lipinski definition) is 0. The van der Waals surface area contributed by atoms with Crippen LogP contribution in [0.3, 0.4) is 0 Å². The average molecular weight is 741 g/mol. The van der Waals surface area contributed by atoms with E-state index in [4.69, 9.17) is 8.83 Å². The van der Waals surface area contributed by atoms with E-state index in [0.717, 1.165) is 71.8 Å². The molecule has 0 aliphatic rings. The fourth-order valence-electron chi connectivity index (χ4n) is 9.69. The van der Waals surface area contributed by atoms with Gasteiger partial charge in [0.05, 0.1) is 22.1 Å². The Labute approximate surface area is 332 Å². The first-order valence-electron chi connectivity index (χ1n) is 19.8. The monoisotopic (exact) mass is 740 g/mol. The first kappa shape index (κ1) is 31.4. The first-order valence-corrected chi connectivity index (χ1v) is 19.8. The van der Waals surface area contributed by atoms with Crippen molar-refractivity contribution in [2.24, 2.45) is 0 Å². The average Bonchev–Trinajstić information content (AvgIpc) is 4.03. The summed E-state index contributed by atoms with van der Waals surface area (Å²) in [5.74, 6) is 0. The summed E-state index contributed by atoms with van der Waals surface area (Å²) in [4.78, 5) is 0. The third kappa shape index (κ3) is 4.34. The van der Waals surface area contributed by atoms with E-state index in [1.165, 1.54) is 49.3 Å². The van der Waals surface area contributed by atoms with Gasteiger partial charge in [0.25, 0.3) is 0 Å². The van der Waals surface area contributed by atoms with Gasteiger partial charge in [-0.15, -0.1) is 0 Å². The Kier molecular flexibility index (Phi) is 6.41. The van der Waals surface area contributed by atoms with Gasteiger partial charge in [-0.25, -0.2) is 0 Å². The molecule has 4 nitrogen and oxygen atoms in total. The summed E-state index contributed by atoms with van der Waals surface area (Å²) in [5, 5.41) is 9.33. The summed E-state index contributed by atoms with van der Waals surface area (Å²) in [6.45, 7) is 0. The second-order valence-electron chi connectivity index (χ2n) is 15.2. The molecule has 0 N–H and O–H groups in total. The molecule has 0 fully saturated rings. The SMILES string of the molecule is c1ccc(-n2c3ccccc3c3c(-c4cccc5c4c4ccccc4n5-c4ccc5oc6ccccc6c5c4)c(-c4ccc5oc6ccccc6c5c4)ccc32)cc1. The van der Waals surface area contributed by atoms with Crippen molar-refractivity contribution in [2.75, 3.05) is 0 Å². The molecule has 4 heteroatoms. The van der Waals surface area contributed by atoms with E-state index in [9.17, 15) is 0 Å². The smallest absolute Gasteiger partial charge is 0.135 e. The third-order valence-electron chi connectivity index (χ3n) is 12.1. The fraction of sp³-hybridized carbons (Fsp3) is 0. The standard InChI is InChI=1S/C54H32N2O2/c1-2-13-34(14-3-1)55-45-21-9-5-18-40(45)54-47(55)28-27-36(33-25-29-50-42(31-33)37-15-6-10-23-48(37)57-50)53(54)41-19-12-22-46-52(41)39-17-4-8-20-44(39)56(46)35-26-30-51-43(32-35)38-16-7-11-24-49(38)58-51/h1-32H. The van der Waals surface area contributed by atoms with Gasteiger partial charge in [0.15, 0.2) is 0 Å². The molecular weight excluding hydrogens is 709 g/mol. The quantitative estimate of drug-likeness (QED) is 0.180. The molecule has 0 amide bonds. The van der Waals surface area contributed by atoms with Crippen LogP contribution in [-0.4, -0.2) is 9.13 Å². The summed E-state index contributed by atoms with van der Waals surface area (Å²) in [7, 11) is 0. The highest BCUT2D eigenvalue weighted by Crippen LogP contribution is 2.48. The highest BCUT2D eigenvalue weighted by molar-refractivity contribution is 6.25. The zero-order valence-corrected chi connectivity index (χ0v) is 31.2. The van der Waals surface area contributed by atoms with E-state index in [1.807, 2.05) is 24.3 Å². The molecule has 4 heterocycles. The van der Waals surface area contributed by atoms with Gasteiger partial charge in [0, 0.05) is 60.0 Å². The number of hydrogen-bond acceptors (Lipinski definition) is 2. The largest absolute Gasteiger partial charge is 0.456 e. The Morgan fingerprint density at radius 1 is 0.293 bits per heavy atom. The zero-order valence-electron chi connectivity index (χ0n) is 31.2. The first-order chi connectivity index (χ1) is 28.8. The summed E-state index contributed by atoms with van der Waals surface area (Å²) >= 11 is 0. The second kappa shape index (κ2) is 11.8. The van der Waals surface area contributed by atoms with Crippen LogP contribution in [0.5, 0.6) is 0 Å². The Morgan fingerprint density at radius 3 is 1.55 bits per heavy atom. The minimum Gasteiger partial charge on any atom is -0.456 e. The van der Waals surface area contributed by atoms with Gasteiger partial charge in [-0.3, -0.25) is 0 Å². The van der Waals surface area contributed by atoms with Crippen LogP contribution in [0, 0.1) is 0 Å². The molecule has 0 atom stereocenters. The van der Waals surface area contributed by atoms with Crippen LogP contribution in [-0.2, 0) is 0 Å². The lowest BCUT2D eigenvalue weighted by Gasteiger charge is -2.16. The molecular formula is C54H32N2O2.